The van der Waals surface area contributed by atoms with Gasteiger partial charge in [-0.3, -0.25) is 0 Å². The highest BCUT2D eigenvalue weighted by atomic mass is 15.3. The number of rotatable bonds is 2. The van der Waals surface area contributed by atoms with Crippen molar-refractivity contribution in [3.05, 3.63) is 11.8 Å². The van der Waals surface area contributed by atoms with Crippen molar-refractivity contribution < 1.29 is 0 Å². The van der Waals surface area contributed by atoms with E-state index in [2.05, 4.69) is 40.7 Å². The van der Waals surface area contributed by atoms with Crippen LogP contribution >= 0.6 is 0 Å². The van der Waals surface area contributed by atoms with Gasteiger partial charge in [0.2, 0.25) is 5.95 Å². The van der Waals surface area contributed by atoms with E-state index in [1.807, 2.05) is 6.07 Å². The molecule has 1 aliphatic heterocycles. The minimum Gasteiger partial charge on any atom is -0.384 e. The van der Waals surface area contributed by atoms with Crippen LogP contribution in [0.4, 0.5) is 11.8 Å². The maximum atomic E-state index is 5.84. The minimum atomic E-state index is 0.381. The quantitative estimate of drug-likeness (QED) is 0.826. The highest BCUT2D eigenvalue weighted by molar-refractivity contribution is 5.41. The monoisotopic (exact) mass is 235 g/mol. The topological polar surface area (TPSA) is 58.3 Å². The van der Waals surface area contributed by atoms with Gasteiger partial charge < -0.3 is 15.5 Å². The second kappa shape index (κ2) is 4.87. The summed E-state index contributed by atoms with van der Waals surface area (Å²) in [5.41, 5.74) is 6.86. The van der Waals surface area contributed by atoms with Crippen molar-refractivity contribution in [3.63, 3.8) is 0 Å². The van der Waals surface area contributed by atoms with Crippen molar-refractivity contribution in [3.8, 4) is 0 Å². The van der Waals surface area contributed by atoms with Crippen LogP contribution in [-0.4, -0.2) is 48.1 Å². The number of nitrogens with two attached hydrogens (primary N) is 1. The largest absolute Gasteiger partial charge is 0.384 e. The summed E-state index contributed by atoms with van der Waals surface area (Å²) < 4.78 is 0. The molecule has 0 saturated carbocycles. The van der Waals surface area contributed by atoms with E-state index in [-0.39, 0.29) is 0 Å². The standard InChI is InChI=1S/C12H21N5/c1-9(2)10-8-11(13)15-12(14-10)17-6-4-16(3)5-7-17/h8-9H,4-7H2,1-3H3,(H2,13,14,15). The molecule has 1 aromatic heterocycles. The summed E-state index contributed by atoms with van der Waals surface area (Å²) in [6, 6.07) is 1.87. The van der Waals surface area contributed by atoms with Gasteiger partial charge in [0.25, 0.3) is 0 Å². The highest BCUT2D eigenvalue weighted by Crippen LogP contribution is 2.18. The highest BCUT2D eigenvalue weighted by Gasteiger charge is 2.17. The van der Waals surface area contributed by atoms with Crippen molar-refractivity contribution in [2.45, 2.75) is 19.8 Å². The molecule has 0 amide bonds. The molecule has 2 rings (SSSR count). The molecule has 0 aromatic carbocycles. The maximum Gasteiger partial charge on any atom is 0.227 e. The van der Waals surface area contributed by atoms with E-state index in [4.69, 9.17) is 5.73 Å². The van der Waals surface area contributed by atoms with Gasteiger partial charge in [0.05, 0.1) is 5.69 Å². The van der Waals surface area contributed by atoms with Crippen molar-refractivity contribution in [1.82, 2.24) is 14.9 Å². The smallest absolute Gasteiger partial charge is 0.227 e. The molecule has 0 aliphatic carbocycles. The normalized spacial score (nSPS) is 17.8. The predicted octanol–water partition coefficient (Wildman–Crippen LogP) is 0.934. The molecule has 2 N–H and O–H groups in total. The lowest BCUT2D eigenvalue weighted by atomic mass is 10.1. The summed E-state index contributed by atoms with van der Waals surface area (Å²) in [6.07, 6.45) is 0. The number of aromatic nitrogens is 2. The zero-order valence-corrected chi connectivity index (χ0v) is 10.8. The van der Waals surface area contributed by atoms with Gasteiger partial charge in [0.15, 0.2) is 0 Å². The van der Waals surface area contributed by atoms with Crippen molar-refractivity contribution in [1.29, 1.82) is 0 Å². The summed E-state index contributed by atoms with van der Waals surface area (Å²) in [5.74, 6) is 1.73. The number of nitrogen functional groups attached to an aromatic ring is 1. The Bertz CT molecular complexity index is 382. The third kappa shape index (κ3) is 2.85. The van der Waals surface area contributed by atoms with Crippen LogP contribution in [0.25, 0.3) is 0 Å². The fraction of sp³-hybridized carbons (Fsp3) is 0.667. The van der Waals surface area contributed by atoms with Crippen LogP contribution in [-0.2, 0) is 0 Å². The fourth-order valence-corrected chi connectivity index (χ4v) is 1.92. The maximum absolute atomic E-state index is 5.84. The lowest BCUT2D eigenvalue weighted by molar-refractivity contribution is 0.311. The molecule has 5 nitrogen and oxygen atoms in total. The van der Waals surface area contributed by atoms with E-state index in [1.54, 1.807) is 0 Å². The van der Waals surface area contributed by atoms with E-state index < -0.39 is 0 Å². The second-order valence-electron chi connectivity index (χ2n) is 4.96. The zero-order valence-electron chi connectivity index (χ0n) is 10.8. The molecular weight excluding hydrogens is 214 g/mol. The van der Waals surface area contributed by atoms with Gasteiger partial charge in [-0.25, -0.2) is 4.98 Å². The fourth-order valence-electron chi connectivity index (χ4n) is 1.92. The molecule has 94 valence electrons. The van der Waals surface area contributed by atoms with Crippen LogP contribution in [0.1, 0.15) is 25.5 Å². The zero-order chi connectivity index (χ0) is 12.4. The molecule has 0 atom stereocenters. The summed E-state index contributed by atoms with van der Waals surface area (Å²) in [4.78, 5) is 13.5. The molecule has 17 heavy (non-hydrogen) atoms. The Kier molecular flexibility index (Phi) is 3.47. The number of piperazine rings is 1. The van der Waals surface area contributed by atoms with Gasteiger partial charge in [0, 0.05) is 32.2 Å². The minimum absolute atomic E-state index is 0.381. The first-order valence-electron chi connectivity index (χ1n) is 6.14. The van der Waals surface area contributed by atoms with E-state index in [0.29, 0.717) is 11.7 Å². The van der Waals surface area contributed by atoms with E-state index in [0.717, 1.165) is 37.8 Å². The van der Waals surface area contributed by atoms with Crippen LogP contribution in [0, 0.1) is 0 Å². The first-order chi connectivity index (χ1) is 8.06. The van der Waals surface area contributed by atoms with Crippen molar-refractivity contribution >= 4 is 11.8 Å². The molecule has 1 saturated heterocycles. The van der Waals surface area contributed by atoms with E-state index in [9.17, 15) is 0 Å². The van der Waals surface area contributed by atoms with Crippen LogP contribution < -0.4 is 10.6 Å². The van der Waals surface area contributed by atoms with Crippen LogP contribution in [0.2, 0.25) is 0 Å². The summed E-state index contributed by atoms with van der Waals surface area (Å²) in [5, 5.41) is 0. The van der Waals surface area contributed by atoms with Gasteiger partial charge >= 0.3 is 0 Å². The van der Waals surface area contributed by atoms with Crippen LogP contribution in [0.15, 0.2) is 6.07 Å². The Morgan fingerprint density at radius 3 is 2.41 bits per heavy atom. The molecule has 1 aliphatic rings. The van der Waals surface area contributed by atoms with E-state index >= 15 is 0 Å². The Balaban J connectivity index is 2.20. The molecular formula is C12H21N5. The van der Waals surface area contributed by atoms with Gasteiger partial charge in [-0.15, -0.1) is 0 Å². The molecule has 0 radical (unpaired) electrons. The number of likely N-dealkylation sites (N-methyl/N-ethyl adjacent to an activating group) is 1. The van der Waals surface area contributed by atoms with Gasteiger partial charge in [0.1, 0.15) is 5.82 Å². The van der Waals surface area contributed by atoms with Gasteiger partial charge in [-0.05, 0) is 13.0 Å². The molecule has 0 spiro atoms. The molecule has 2 heterocycles. The molecule has 0 unspecified atom stereocenters. The third-order valence-corrected chi connectivity index (χ3v) is 3.13. The second-order valence-corrected chi connectivity index (χ2v) is 4.96. The van der Waals surface area contributed by atoms with Gasteiger partial charge in [-0.1, -0.05) is 13.8 Å². The molecule has 1 fully saturated rings. The summed E-state index contributed by atoms with van der Waals surface area (Å²) in [7, 11) is 2.14. The third-order valence-electron chi connectivity index (χ3n) is 3.13. The number of nitrogens with zero attached hydrogens (tertiary/aromatic N) is 4. The lowest BCUT2D eigenvalue weighted by Crippen LogP contribution is -2.45. The predicted molar refractivity (Wildman–Crippen MR) is 70.2 cm³/mol. The average molecular weight is 235 g/mol. The molecule has 0 bridgehead atoms. The average Bonchev–Trinajstić information content (AvgIpc) is 2.29. The molecule has 5 heteroatoms. The number of hydrogen-bond acceptors (Lipinski definition) is 5. The summed E-state index contributed by atoms with van der Waals surface area (Å²) >= 11 is 0. The number of anilines is 2. The molecule has 1 aromatic rings. The van der Waals surface area contributed by atoms with Crippen LogP contribution in [0.3, 0.4) is 0 Å². The van der Waals surface area contributed by atoms with Gasteiger partial charge in [-0.2, -0.15) is 4.98 Å². The summed E-state index contributed by atoms with van der Waals surface area (Å²) in [6.45, 7) is 8.28. The Labute approximate surface area is 103 Å². The Morgan fingerprint density at radius 1 is 1.18 bits per heavy atom. The first-order valence-corrected chi connectivity index (χ1v) is 6.14. The first kappa shape index (κ1) is 12.1. The lowest BCUT2D eigenvalue weighted by Gasteiger charge is -2.32. The SMILES string of the molecule is CC(C)c1cc(N)nc(N2CCN(C)CC2)n1. The van der Waals surface area contributed by atoms with Crippen LogP contribution in [0.5, 0.6) is 0 Å². The van der Waals surface area contributed by atoms with Crippen molar-refractivity contribution in [2.75, 3.05) is 43.9 Å². The van der Waals surface area contributed by atoms with E-state index in [1.165, 1.54) is 0 Å². The Morgan fingerprint density at radius 2 is 1.82 bits per heavy atom. The van der Waals surface area contributed by atoms with Crippen molar-refractivity contribution in [2.24, 2.45) is 0 Å². The Hall–Kier alpha value is -1.36. The number of hydrogen-bond donors (Lipinski definition) is 1.